The zero-order chi connectivity index (χ0) is 50.2. The van der Waals surface area contributed by atoms with Gasteiger partial charge in [0, 0.05) is 37.3 Å². The molecule has 0 fully saturated rings. The van der Waals surface area contributed by atoms with E-state index in [1.165, 1.54) is 0 Å². The molecule has 362 valence electrons. The fourth-order valence-corrected chi connectivity index (χ4v) is 7.76. The number of carbonyl (C=O) groups is 2. The molecule has 0 aliphatic heterocycles. The summed E-state index contributed by atoms with van der Waals surface area (Å²) in [5.41, 5.74) is 9.00. The summed E-state index contributed by atoms with van der Waals surface area (Å²) in [6.07, 6.45) is -3.06. The summed E-state index contributed by atoms with van der Waals surface area (Å²) in [4.78, 5) is 31.4. The Balaban J connectivity index is 1.18. The monoisotopic (exact) mass is 988 g/mol. The summed E-state index contributed by atoms with van der Waals surface area (Å²) in [6.45, 7) is 4.65. The average molecular weight is 990 g/mol. The lowest BCUT2D eigenvalue weighted by Crippen LogP contribution is -2.28. The third kappa shape index (κ3) is 14.9. The minimum atomic E-state index is -1.12. The van der Waals surface area contributed by atoms with E-state index in [1.54, 1.807) is 48.5 Å². The molecule has 6 rings (SSSR count). The number of nitriles is 2. The first kappa shape index (κ1) is 52.1. The molecule has 6 aromatic rings. The van der Waals surface area contributed by atoms with Crippen LogP contribution < -0.4 is 29.6 Å². The Morgan fingerprint density at radius 1 is 0.571 bits per heavy atom. The first-order valence-corrected chi connectivity index (χ1v) is 22.7. The molecular formula is C52H50Cl2N6O10. The van der Waals surface area contributed by atoms with Crippen molar-refractivity contribution >= 4 is 35.1 Å². The van der Waals surface area contributed by atoms with E-state index in [4.69, 9.17) is 52.4 Å². The number of halogens is 2. The molecule has 2 aromatic heterocycles. The zero-order valence-corrected chi connectivity index (χ0v) is 39.8. The maximum absolute atomic E-state index is 11.0. The van der Waals surface area contributed by atoms with E-state index < -0.39 is 37.0 Å². The lowest BCUT2D eigenvalue weighted by atomic mass is 9.92. The number of nitrogens with one attached hydrogen (secondary N) is 2. The standard InChI is InChI=1S/C52H50Cl2N6O10/c1-31-37(29-69-51-45(53)17-39(23-57-25-41(61)19-47(63)64)49(59-51)67-27-35-9-3-7-33(15-35)21-55)11-5-13-43(31)44-14-6-12-38(32(44)2)30-70-52-46(54)18-40(24-58-26-42(62)20-48(65)66)50(60-52)68-28-36-10-4-8-34(16-36)22-56/h3-18,41-42,57-58,61-62H,19-20,23-30H2,1-2H3,(H,63,64)(H,65,66)/t41-,42-/m0/s1. The van der Waals surface area contributed by atoms with Crippen LogP contribution in [0.1, 0.15) is 68.5 Å². The van der Waals surface area contributed by atoms with Gasteiger partial charge in [0.2, 0.25) is 23.5 Å². The van der Waals surface area contributed by atoms with Crippen LogP contribution in [0.25, 0.3) is 11.1 Å². The van der Waals surface area contributed by atoms with Crippen LogP contribution >= 0.6 is 23.2 Å². The predicted octanol–water partition coefficient (Wildman–Crippen LogP) is 7.98. The summed E-state index contributed by atoms with van der Waals surface area (Å²) >= 11 is 13.5. The quantitative estimate of drug-likeness (QED) is 0.0318. The Hall–Kier alpha value is -7.28. The van der Waals surface area contributed by atoms with Gasteiger partial charge in [-0.15, -0.1) is 0 Å². The third-order valence-electron chi connectivity index (χ3n) is 11.0. The van der Waals surface area contributed by atoms with E-state index in [0.29, 0.717) is 22.3 Å². The lowest BCUT2D eigenvalue weighted by molar-refractivity contribution is -0.140. The molecule has 2 heterocycles. The van der Waals surface area contributed by atoms with Gasteiger partial charge in [-0.25, -0.2) is 0 Å². The number of aliphatic carboxylic acids is 2. The lowest BCUT2D eigenvalue weighted by Gasteiger charge is -2.18. The number of aliphatic hydroxyl groups excluding tert-OH is 2. The van der Waals surface area contributed by atoms with E-state index >= 15 is 0 Å². The highest BCUT2D eigenvalue weighted by Crippen LogP contribution is 2.35. The number of ether oxygens (including phenoxy) is 4. The first-order chi connectivity index (χ1) is 33.7. The van der Waals surface area contributed by atoms with Gasteiger partial charge in [0.15, 0.2) is 0 Å². The van der Waals surface area contributed by atoms with Crippen LogP contribution in [0.15, 0.2) is 97.1 Å². The molecule has 16 nitrogen and oxygen atoms in total. The number of rotatable bonds is 25. The van der Waals surface area contributed by atoms with Crippen molar-refractivity contribution in [2.45, 2.75) is 78.4 Å². The van der Waals surface area contributed by atoms with Crippen molar-refractivity contribution < 1.29 is 49.0 Å². The number of aromatic nitrogens is 2. The van der Waals surface area contributed by atoms with Gasteiger partial charge in [-0.1, -0.05) is 83.9 Å². The highest BCUT2D eigenvalue weighted by molar-refractivity contribution is 6.32. The van der Waals surface area contributed by atoms with Gasteiger partial charge in [-0.05, 0) is 94.8 Å². The molecule has 4 aromatic carbocycles. The summed E-state index contributed by atoms with van der Waals surface area (Å²) in [6, 6.07) is 33.2. The number of carboxylic acid groups (broad SMARTS) is 2. The summed E-state index contributed by atoms with van der Waals surface area (Å²) < 4.78 is 24.7. The second kappa shape index (κ2) is 25.4. The summed E-state index contributed by atoms with van der Waals surface area (Å²) in [7, 11) is 0. The Morgan fingerprint density at radius 2 is 0.957 bits per heavy atom. The summed E-state index contributed by atoms with van der Waals surface area (Å²) in [5, 5.41) is 63.4. The molecule has 0 aliphatic rings. The van der Waals surface area contributed by atoms with Crippen molar-refractivity contribution in [2.75, 3.05) is 13.1 Å². The molecule has 0 amide bonds. The average Bonchev–Trinajstić information content (AvgIpc) is 3.33. The molecule has 2 atom stereocenters. The van der Waals surface area contributed by atoms with Gasteiger partial charge in [-0.2, -0.15) is 20.5 Å². The Morgan fingerprint density at radius 3 is 1.34 bits per heavy atom. The molecule has 0 aliphatic carbocycles. The topological polar surface area (TPSA) is 249 Å². The van der Waals surface area contributed by atoms with Gasteiger partial charge < -0.3 is 50.0 Å². The first-order valence-electron chi connectivity index (χ1n) is 22.0. The second-order valence-electron chi connectivity index (χ2n) is 16.2. The molecule has 70 heavy (non-hydrogen) atoms. The predicted molar refractivity (Wildman–Crippen MR) is 259 cm³/mol. The Bertz CT molecular complexity index is 2710. The number of hydrogen-bond donors (Lipinski definition) is 6. The fraction of sp³-hybridized carbons (Fsp3) is 0.269. The molecule has 0 radical (unpaired) electrons. The van der Waals surface area contributed by atoms with Crippen LogP contribution in [0.5, 0.6) is 23.5 Å². The molecule has 0 spiro atoms. The smallest absolute Gasteiger partial charge is 0.306 e. The normalized spacial score (nSPS) is 11.8. The molecule has 6 N–H and O–H groups in total. The number of carboxylic acids is 2. The SMILES string of the molecule is Cc1c(COc2nc(OCc3cccc(C#N)c3)c(CNC[C@@H](O)CC(=O)O)cc2Cl)cccc1-c1cccc(COc2nc(OCc3cccc(C#N)c3)c(CNC[C@@H](O)CC(=O)O)cc2Cl)c1C. The maximum atomic E-state index is 11.0. The number of aliphatic hydroxyl groups is 2. The fourth-order valence-electron chi connectivity index (χ4n) is 7.31. The van der Waals surface area contributed by atoms with Gasteiger partial charge in [0.25, 0.3) is 0 Å². The van der Waals surface area contributed by atoms with Crippen LogP contribution in [-0.4, -0.2) is 67.6 Å². The largest absolute Gasteiger partial charge is 0.481 e. The van der Waals surface area contributed by atoms with Gasteiger partial charge in [0.1, 0.15) is 36.5 Å². The van der Waals surface area contributed by atoms with Crippen LogP contribution in [0.2, 0.25) is 10.0 Å². The Kier molecular flexibility index (Phi) is 18.9. The van der Waals surface area contributed by atoms with Crippen LogP contribution in [-0.2, 0) is 49.1 Å². The highest BCUT2D eigenvalue weighted by Gasteiger charge is 2.19. The van der Waals surface area contributed by atoms with Crippen molar-refractivity contribution in [1.82, 2.24) is 20.6 Å². The number of benzene rings is 4. The van der Waals surface area contributed by atoms with Gasteiger partial charge in [0.05, 0.1) is 48.3 Å². The highest BCUT2D eigenvalue weighted by atomic mass is 35.5. The number of nitrogens with zero attached hydrogens (tertiary/aromatic N) is 4. The third-order valence-corrected chi connectivity index (χ3v) is 11.5. The molecule has 0 saturated carbocycles. The van der Waals surface area contributed by atoms with Crippen LogP contribution in [0.4, 0.5) is 0 Å². The van der Waals surface area contributed by atoms with Crippen molar-refractivity contribution in [2.24, 2.45) is 0 Å². The Labute approximate surface area is 414 Å². The molecular weight excluding hydrogens is 940 g/mol. The van der Waals surface area contributed by atoms with Crippen molar-refractivity contribution in [3.05, 3.63) is 163 Å². The minimum absolute atomic E-state index is 0.00142. The van der Waals surface area contributed by atoms with Crippen molar-refractivity contribution in [1.29, 1.82) is 10.5 Å². The zero-order valence-electron chi connectivity index (χ0n) is 38.2. The van der Waals surface area contributed by atoms with Gasteiger partial charge >= 0.3 is 11.9 Å². The maximum Gasteiger partial charge on any atom is 0.306 e. The van der Waals surface area contributed by atoms with E-state index in [-0.39, 0.29) is 86.2 Å². The van der Waals surface area contributed by atoms with Gasteiger partial charge in [-0.3, -0.25) is 9.59 Å². The number of pyridine rings is 2. The molecule has 0 saturated heterocycles. The van der Waals surface area contributed by atoms with Crippen LogP contribution in [0.3, 0.4) is 0 Å². The van der Waals surface area contributed by atoms with E-state index in [2.05, 4.69) is 32.7 Å². The van der Waals surface area contributed by atoms with E-state index in [1.807, 2.05) is 62.4 Å². The molecule has 0 unspecified atom stereocenters. The molecule has 18 heteroatoms. The van der Waals surface area contributed by atoms with E-state index in [0.717, 1.165) is 44.5 Å². The van der Waals surface area contributed by atoms with Crippen molar-refractivity contribution in [3.8, 4) is 46.8 Å². The van der Waals surface area contributed by atoms with Crippen LogP contribution in [0, 0.1) is 36.5 Å². The van der Waals surface area contributed by atoms with Crippen molar-refractivity contribution in [3.63, 3.8) is 0 Å². The van der Waals surface area contributed by atoms with E-state index in [9.17, 15) is 30.3 Å². The second-order valence-corrected chi connectivity index (χ2v) is 17.0. The minimum Gasteiger partial charge on any atom is -0.481 e. The number of hydrogen-bond acceptors (Lipinski definition) is 14. The molecule has 0 bridgehead atoms. The summed E-state index contributed by atoms with van der Waals surface area (Å²) in [5.74, 6) is -1.62.